The first-order valence-corrected chi connectivity index (χ1v) is 19.8. The maximum atomic E-state index is 2.41. The third-order valence-corrected chi connectivity index (χ3v) is 13.0. The molecule has 10 aromatic carbocycles. The molecule has 1 heterocycles. The second-order valence-corrected chi connectivity index (χ2v) is 15.8. The molecule has 0 nitrogen and oxygen atoms in total. The fourth-order valence-electron chi connectivity index (χ4n) is 9.46. The van der Waals surface area contributed by atoms with Gasteiger partial charge in [0.15, 0.2) is 0 Å². The van der Waals surface area contributed by atoms with Crippen molar-refractivity contribution in [3.63, 3.8) is 0 Å². The van der Waals surface area contributed by atoms with E-state index >= 15 is 0 Å². The van der Waals surface area contributed by atoms with Gasteiger partial charge < -0.3 is 0 Å². The second kappa shape index (κ2) is 11.9. The Balaban J connectivity index is 1.01. The first kappa shape index (κ1) is 30.6. The van der Waals surface area contributed by atoms with Crippen molar-refractivity contribution in [1.29, 1.82) is 0 Å². The van der Waals surface area contributed by atoms with Crippen LogP contribution in [0.1, 0.15) is 0 Å². The lowest BCUT2D eigenvalue weighted by Gasteiger charge is -2.18. The summed E-state index contributed by atoms with van der Waals surface area (Å²) in [7, 11) is 0. The highest BCUT2D eigenvalue weighted by atomic mass is 32.1. The van der Waals surface area contributed by atoms with Crippen LogP contribution in [0.5, 0.6) is 0 Å². The van der Waals surface area contributed by atoms with Crippen molar-refractivity contribution in [3.8, 4) is 66.8 Å². The van der Waals surface area contributed by atoms with E-state index in [2.05, 4.69) is 194 Å². The lowest BCUT2D eigenvalue weighted by molar-refractivity contribution is 1.59. The van der Waals surface area contributed by atoms with Crippen molar-refractivity contribution in [3.05, 3.63) is 194 Å². The van der Waals surface area contributed by atoms with E-state index in [-0.39, 0.29) is 0 Å². The molecule has 0 spiro atoms. The molecule has 0 fully saturated rings. The van der Waals surface area contributed by atoms with Crippen LogP contribution in [0.4, 0.5) is 0 Å². The van der Waals surface area contributed by atoms with Crippen LogP contribution in [-0.2, 0) is 0 Å². The van der Waals surface area contributed by atoms with Crippen LogP contribution < -0.4 is 0 Å². The molecule has 0 atom stereocenters. The molecule has 0 bridgehead atoms. The van der Waals surface area contributed by atoms with Crippen molar-refractivity contribution >= 4 is 63.8 Å². The third kappa shape index (κ3) is 4.51. The summed E-state index contributed by atoms with van der Waals surface area (Å²) in [5.41, 5.74) is 15.4. The van der Waals surface area contributed by atoms with Gasteiger partial charge in [0.25, 0.3) is 0 Å². The largest absolute Gasteiger partial charge is 0.135 e. The van der Waals surface area contributed by atoms with E-state index in [0.717, 1.165) is 0 Å². The Morgan fingerprint density at radius 2 is 0.673 bits per heavy atom. The van der Waals surface area contributed by atoms with Gasteiger partial charge in [0.2, 0.25) is 0 Å². The van der Waals surface area contributed by atoms with Crippen molar-refractivity contribution in [2.75, 3.05) is 0 Å². The normalized spacial score (nSPS) is 12.0. The second-order valence-electron chi connectivity index (χ2n) is 14.7. The van der Waals surface area contributed by atoms with Gasteiger partial charge in [-0.15, -0.1) is 11.3 Å². The predicted octanol–water partition coefficient (Wildman–Crippen LogP) is 15.8. The SMILES string of the molecule is c1ccc(-c2ccc3c4c(cccc24)-c2ccccc2-3)c(-c2ccc(-c3c4ccccc4c(-c4ccc5sc6ccccc6c5c4)c4ccccc34)cc2)c1. The zero-order valence-electron chi connectivity index (χ0n) is 29.9. The number of rotatable bonds is 4. The fourth-order valence-corrected chi connectivity index (χ4v) is 10.5. The molecule has 1 aromatic heterocycles. The van der Waals surface area contributed by atoms with E-state index in [1.165, 1.54) is 119 Å². The molecule has 55 heavy (non-hydrogen) atoms. The minimum atomic E-state index is 1.22. The quantitative estimate of drug-likeness (QED) is 0.159. The van der Waals surface area contributed by atoms with E-state index in [1.807, 2.05) is 11.3 Å². The summed E-state index contributed by atoms with van der Waals surface area (Å²) in [6, 6.07) is 72.2. The van der Waals surface area contributed by atoms with Crippen molar-refractivity contribution in [2.24, 2.45) is 0 Å². The van der Waals surface area contributed by atoms with Crippen molar-refractivity contribution in [2.45, 2.75) is 0 Å². The molecule has 254 valence electrons. The zero-order valence-corrected chi connectivity index (χ0v) is 30.7. The molecule has 1 heteroatoms. The van der Waals surface area contributed by atoms with Gasteiger partial charge in [0.1, 0.15) is 0 Å². The van der Waals surface area contributed by atoms with E-state index in [0.29, 0.717) is 0 Å². The van der Waals surface area contributed by atoms with Gasteiger partial charge >= 0.3 is 0 Å². The summed E-state index contributed by atoms with van der Waals surface area (Å²) in [4.78, 5) is 0. The molecule has 0 saturated carbocycles. The van der Waals surface area contributed by atoms with Crippen LogP contribution in [0.25, 0.3) is 119 Å². The molecule has 0 saturated heterocycles. The first-order chi connectivity index (χ1) is 27.3. The molecule has 0 amide bonds. The molecule has 0 N–H and O–H groups in total. The Bertz CT molecular complexity index is 3270. The summed E-state index contributed by atoms with van der Waals surface area (Å²) >= 11 is 1.87. The third-order valence-electron chi connectivity index (χ3n) is 11.8. The number of thiophene rings is 1. The van der Waals surface area contributed by atoms with Crippen LogP contribution >= 0.6 is 11.3 Å². The van der Waals surface area contributed by atoms with Crippen molar-refractivity contribution in [1.82, 2.24) is 0 Å². The van der Waals surface area contributed by atoms with Gasteiger partial charge in [-0.2, -0.15) is 0 Å². The molecule has 0 aliphatic heterocycles. The van der Waals surface area contributed by atoms with E-state index < -0.39 is 0 Å². The predicted molar refractivity (Wildman–Crippen MR) is 238 cm³/mol. The molecule has 0 unspecified atom stereocenters. The topological polar surface area (TPSA) is 0 Å². The summed E-state index contributed by atoms with van der Waals surface area (Å²) < 4.78 is 2.66. The average molecular weight is 713 g/mol. The monoisotopic (exact) mass is 712 g/mol. The van der Waals surface area contributed by atoms with E-state index in [4.69, 9.17) is 0 Å². The minimum absolute atomic E-state index is 1.22. The average Bonchev–Trinajstić information content (AvgIpc) is 3.79. The van der Waals surface area contributed by atoms with Gasteiger partial charge in [-0.05, 0) is 117 Å². The summed E-state index contributed by atoms with van der Waals surface area (Å²) in [6.45, 7) is 0. The first-order valence-electron chi connectivity index (χ1n) is 19.0. The Morgan fingerprint density at radius 1 is 0.236 bits per heavy atom. The maximum Gasteiger partial charge on any atom is 0.0355 e. The zero-order chi connectivity index (χ0) is 36.0. The highest BCUT2D eigenvalue weighted by molar-refractivity contribution is 7.25. The Labute approximate surface area is 323 Å². The van der Waals surface area contributed by atoms with Crippen LogP contribution in [-0.4, -0.2) is 0 Å². The molecular formula is C54H32S. The van der Waals surface area contributed by atoms with Crippen LogP contribution in [0.15, 0.2) is 194 Å². The Hall–Kier alpha value is -6.80. The van der Waals surface area contributed by atoms with E-state index in [1.54, 1.807) is 0 Å². The highest BCUT2D eigenvalue weighted by Crippen LogP contribution is 2.50. The number of hydrogen-bond acceptors (Lipinski definition) is 1. The van der Waals surface area contributed by atoms with Crippen LogP contribution in [0.2, 0.25) is 0 Å². The van der Waals surface area contributed by atoms with Crippen LogP contribution in [0, 0.1) is 0 Å². The number of fused-ring (bicyclic) bond motifs is 8. The van der Waals surface area contributed by atoms with E-state index in [9.17, 15) is 0 Å². The molecule has 1 aliphatic rings. The molecule has 12 rings (SSSR count). The summed E-state index contributed by atoms with van der Waals surface area (Å²) in [6.07, 6.45) is 0. The molecular weight excluding hydrogens is 681 g/mol. The lowest BCUT2D eigenvalue weighted by atomic mass is 9.85. The maximum absolute atomic E-state index is 2.41. The van der Waals surface area contributed by atoms with Gasteiger partial charge in [-0.1, -0.05) is 176 Å². The number of hydrogen-bond donors (Lipinski definition) is 0. The number of benzene rings is 10. The smallest absolute Gasteiger partial charge is 0.0355 e. The highest BCUT2D eigenvalue weighted by Gasteiger charge is 2.23. The molecule has 0 radical (unpaired) electrons. The summed E-state index contributed by atoms with van der Waals surface area (Å²) in [5.74, 6) is 0. The van der Waals surface area contributed by atoms with Gasteiger partial charge in [-0.25, -0.2) is 0 Å². The Kier molecular flexibility index (Phi) is 6.60. The molecule has 11 aromatic rings. The Morgan fingerprint density at radius 3 is 1.35 bits per heavy atom. The minimum Gasteiger partial charge on any atom is -0.135 e. The van der Waals surface area contributed by atoms with Gasteiger partial charge in [-0.3, -0.25) is 0 Å². The fraction of sp³-hybridized carbons (Fsp3) is 0. The lowest BCUT2D eigenvalue weighted by Crippen LogP contribution is -1.91. The van der Waals surface area contributed by atoms with Gasteiger partial charge in [0.05, 0.1) is 0 Å². The van der Waals surface area contributed by atoms with Gasteiger partial charge in [0, 0.05) is 20.2 Å². The summed E-state index contributed by atoms with van der Waals surface area (Å²) in [5, 5.41) is 10.4. The standard InChI is InChI=1S/C54H32S/c1-2-13-37(40-29-30-48-39-15-4-3-14-38(39)42-21-11-22-43(40)54(42)48)36(12-1)33-24-26-34(27-25-33)52-44-17-5-7-19-46(44)53(47-20-8-6-18-45(47)52)35-28-31-51-49(32-35)41-16-9-10-23-50(41)55-51/h1-32H. The molecule has 1 aliphatic carbocycles. The van der Waals surface area contributed by atoms with Crippen LogP contribution in [0.3, 0.4) is 0 Å². The van der Waals surface area contributed by atoms with Crippen molar-refractivity contribution < 1.29 is 0 Å².